The number of nitrogens with zero attached hydrogens (tertiary/aromatic N) is 2. The van der Waals surface area contributed by atoms with Crippen LogP contribution < -0.4 is 0 Å². The second kappa shape index (κ2) is 5.13. The minimum absolute atomic E-state index is 0.594. The van der Waals surface area contributed by atoms with Gasteiger partial charge in [0, 0.05) is 12.6 Å². The Morgan fingerprint density at radius 1 is 1.21 bits per heavy atom. The molecular formula is C12H26N2. The first kappa shape index (κ1) is 12.0. The van der Waals surface area contributed by atoms with Gasteiger partial charge in [-0.1, -0.05) is 20.3 Å². The molecule has 0 N–H and O–H groups in total. The molecule has 2 heteroatoms. The molecule has 0 aromatic carbocycles. The summed E-state index contributed by atoms with van der Waals surface area (Å²) >= 11 is 0. The average Bonchev–Trinajstić information content (AvgIpc) is 2.98. The van der Waals surface area contributed by atoms with Gasteiger partial charge in [0.15, 0.2) is 0 Å². The van der Waals surface area contributed by atoms with E-state index in [1.165, 1.54) is 25.8 Å². The third-order valence-corrected chi connectivity index (χ3v) is 3.65. The van der Waals surface area contributed by atoms with E-state index in [9.17, 15) is 0 Å². The highest BCUT2D eigenvalue weighted by molar-refractivity contribution is 4.84. The van der Waals surface area contributed by atoms with Crippen LogP contribution in [0.25, 0.3) is 0 Å². The van der Waals surface area contributed by atoms with Crippen molar-refractivity contribution in [2.45, 2.75) is 52.2 Å². The van der Waals surface area contributed by atoms with E-state index < -0.39 is 0 Å². The molecular weight excluding hydrogens is 172 g/mol. The maximum Gasteiger partial charge on any atom is 0.0590 e. The molecule has 0 aromatic heterocycles. The highest BCUT2D eigenvalue weighted by Gasteiger charge is 2.30. The van der Waals surface area contributed by atoms with Crippen LogP contribution in [0.5, 0.6) is 0 Å². The second-order valence-electron chi connectivity index (χ2n) is 4.98. The summed E-state index contributed by atoms with van der Waals surface area (Å²) in [6, 6.07) is 0.865. The molecule has 2 nitrogen and oxygen atoms in total. The van der Waals surface area contributed by atoms with Crippen molar-refractivity contribution in [2.24, 2.45) is 5.92 Å². The Labute approximate surface area is 89.3 Å². The Kier molecular flexibility index (Phi) is 4.39. The molecule has 14 heavy (non-hydrogen) atoms. The van der Waals surface area contributed by atoms with Crippen LogP contribution in [0.15, 0.2) is 0 Å². The zero-order valence-electron chi connectivity index (χ0n) is 10.5. The normalized spacial score (nSPS) is 21.6. The van der Waals surface area contributed by atoms with Crippen molar-refractivity contribution in [3.05, 3.63) is 0 Å². The van der Waals surface area contributed by atoms with Crippen LogP contribution in [0.2, 0.25) is 0 Å². The van der Waals surface area contributed by atoms with Crippen molar-refractivity contribution >= 4 is 0 Å². The fraction of sp³-hybridized carbons (Fsp3) is 1.00. The monoisotopic (exact) mass is 198 g/mol. The van der Waals surface area contributed by atoms with Gasteiger partial charge in [-0.15, -0.1) is 0 Å². The van der Waals surface area contributed by atoms with Crippen molar-refractivity contribution in [2.75, 3.05) is 20.6 Å². The van der Waals surface area contributed by atoms with Crippen molar-refractivity contribution < 1.29 is 0 Å². The summed E-state index contributed by atoms with van der Waals surface area (Å²) in [5.41, 5.74) is 0. The SMILES string of the molecule is CC[C@H](C)CN(C)[C@H](C)N(C)C1CC1. The van der Waals surface area contributed by atoms with Crippen LogP contribution in [0.4, 0.5) is 0 Å². The van der Waals surface area contributed by atoms with Gasteiger partial charge in [0.05, 0.1) is 6.17 Å². The topological polar surface area (TPSA) is 6.48 Å². The molecule has 0 heterocycles. The molecule has 0 aromatic rings. The van der Waals surface area contributed by atoms with Crippen LogP contribution in [-0.4, -0.2) is 42.6 Å². The molecule has 0 saturated heterocycles. The molecule has 1 aliphatic rings. The predicted octanol–water partition coefficient (Wildman–Crippen LogP) is 2.40. The van der Waals surface area contributed by atoms with E-state index in [-0.39, 0.29) is 0 Å². The van der Waals surface area contributed by atoms with Gasteiger partial charge in [-0.25, -0.2) is 0 Å². The van der Waals surface area contributed by atoms with Crippen LogP contribution in [0, 0.1) is 5.92 Å². The van der Waals surface area contributed by atoms with Gasteiger partial charge in [0.25, 0.3) is 0 Å². The molecule has 84 valence electrons. The zero-order chi connectivity index (χ0) is 10.7. The Hall–Kier alpha value is -0.0800. The lowest BCUT2D eigenvalue weighted by molar-refractivity contribution is 0.0795. The Morgan fingerprint density at radius 3 is 2.21 bits per heavy atom. The third kappa shape index (κ3) is 3.25. The molecule has 0 radical (unpaired) electrons. The summed E-state index contributed by atoms with van der Waals surface area (Å²) in [6.07, 6.45) is 4.68. The van der Waals surface area contributed by atoms with Gasteiger partial charge in [-0.3, -0.25) is 9.80 Å². The molecule has 1 aliphatic carbocycles. The molecule has 0 aliphatic heterocycles. The van der Waals surface area contributed by atoms with Crippen molar-refractivity contribution in [3.8, 4) is 0 Å². The Bertz CT molecular complexity index is 166. The maximum atomic E-state index is 2.52. The minimum Gasteiger partial charge on any atom is -0.291 e. The molecule has 0 bridgehead atoms. The van der Waals surface area contributed by atoms with E-state index in [2.05, 4.69) is 44.7 Å². The van der Waals surface area contributed by atoms with Gasteiger partial charge in [-0.2, -0.15) is 0 Å². The predicted molar refractivity (Wildman–Crippen MR) is 62.3 cm³/mol. The van der Waals surface area contributed by atoms with E-state index in [0.717, 1.165) is 12.0 Å². The first-order valence-electron chi connectivity index (χ1n) is 5.98. The lowest BCUT2D eigenvalue weighted by atomic mass is 10.1. The Balaban J connectivity index is 2.30. The molecule has 0 spiro atoms. The largest absolute Gasteiger partial charge is 0.291 e. The molecule has 0 amide bonds. The van der Waals surface area contributed by atoms with Gasteiger partial charge in [0.2, 0.25) is 0 Å². The number of hydrogen-bond donors (Lipinski definition) is 0. The van der Waals surface area contributed by atoms with Crippen molar-refractivity contribution in [3.63, 3.8) is 0 Å². The first-order valence-corrected chi connectivity index (χ1v) is 5.98. The van der Waals surface area contributed by atoms with Gasteiger partial charge >= 0.3 is 0 Å². The maximum absolute atomic E-state index is 2.52. The summed E-state index contributed by atoms with van der Waals surface area (Å²) in [4.78, 5) is 4.99. The summed E-state index contributed by atoms with van der Waals surface area (Å²) in [7, 11) is 4.51. The van der Waals surface area contributed by atoms with E-state index in [0.29, 0.717) is 6.17 Å². The lowest BCUT2D eigenvalue weighted by Crippen LogP contribution is -2.45. The lowest BCUT2D eigenvalue weighted by Gasteiger charge is -2.34. The average molecular weight is 198 g/mol. The van der Waals surface area contributed by atoms with E-state index in [1.54, 1.807) is 0 Å². The zero-order valence-corrected chi connectivity index (χ0v) is 10.5. The molecule has 1 rings (SSSR count). The fourth-order valence-corrected chi connectivity index (χ4v) is 1.87. The summed E-state index contributed by atoms with van der Waals surface area (Å²) < 4.78 is 0. The van der Waals surface area contributed by atoms with E-state index in [1.807, 2.05) is 0 Å². The quantitative estimate of drug-likeness (QED) is 0.605. The summed E-state index contributed by atoms with van der Waals surface area (Å²) in [5.74, 6) is 0.815. The Morgan fingerprint density at radius 2 is 1.79 bits per heavy atom. The van der Waals surface area contributed by atoms with Gasteiger partial charge < -0.3 is 0 Å². The molecule has 1 saturated carbocycles. The highest BCUT2D eigenvalue weighted by Crippen LogP contribution is 2.27. The summed E-state index contributed by atoms with van der Waals surface area (Å²) in [6.45, 7) is 8.14. The van der Waals surface area contributed by atoms with Gasteiger partial charge in [-0.05, 0) is 39.8 Å². The van der Waals surface area contributed by atoms with Gasteiger partial charge in [0.1, 0.15) is 0 Å². The fourth-order valence-electron chi connectivity index (χ4n) is 1.87. The number of hydrogen-bond acceptors (Lipinski definition) is 2. The van der Waals surface area contributed by atoms with Crippen molar-refractivity contribution in [1.82, 2.24) is 9.80 Å². The third-order valence-electron chi connectivity index (χ3n) is 3.65. The van der Waals surface area contributed by atoms with Crippen LogP contribution in [0.3, 0.4) is 0 Å². The molecule has 1 fully saturated rings. The highest BCUT2D eigenvalue weighted by atomic mass is 15.3. The smallest absolute Gasteiger partial charge is 0.0590 e. The van der Waals surface area contributed by atoms with E-state index in [4.69, 9.17) is 0 Å². The standard InChI is InChI=1S/C12H26N2/c1-6-10(2)9-13(4)11(3)14(5)12-7-8-12/h10-12H,6-9H2,1-5H3/t10-,11-/m0/s1. The van der Waals surface area contributed by atoms with Crippen LogP contribution >= 0.6 is 0 Å². The first-order chi connectivity index (χ1) is 6.56. The molecule has 0 unspecified atom stereocenters. The minimum atomic E-state index is 0.594. The van der Waals surface area contributed by atoms with Crippen LogP contribution in [0.1, 0.15) is 40.0 Å². The molecule has 2 atom stereocenters. The number of rotatable bonds is 6. The second-order valence-corrected chi connectivity index (χ2v) is 4.98. The summed E-state index contributed by atoms with van der Waals surface area (Å²) in [5, 5.41) is 0. The van der Waals surface area contributed by atoms with Crippen molar-refractivity contribution in [1.29, 1.82) is 0 Å². The van der Waals surface area contributed by atoms with E-state index >= 15 is 0 Å². The van der Waals surface area contributed by atoms with Crippen LogP contribution in [-0.2, 0) is 0 Å².